The molecular formula is C12H15NO4. The Morgan fingerprint density at radius 3 is 2.47 bits per heavy atom. The Labute approximate surface area is 99.9 Å². The van der Waals surface area contributed by atoms with Crippen molar-refractivity contribution in [3.8, 4) is 0 Å². The van der Waals surface area contributed by atoms with Crippen LogP contribution in [0.3, 0.4) is 0 Å². The zero-order valence-electron chi connectivity index (χ0n) is 9.88. The molecule has 1 amide bonds. The maximum Gasteiger partial charge on any atom is 0.443 e. The number of carbonyl (C=O) groups excluding carboxylic acids is 2. The predicted octanol–water partition coefficient (Wildman–Crippen LogP) is 2.12. The third kappa shape index (κ3) is 4.55. The van der Waals surface area contributed by atoms with Gasteiger partial charge in [-0.25, -0.2) is 9.59 Å². The van der Waals surface area contributed by atoms with Gasteiger partial charge in [0.25, 0.3) is 0 Å². The van der Waals surface area contributed by atoms with Gasteiger partial charge in [-0.05, 0) is 5.56 Å². The summed E-state index contributed by atoms with van der Waals surface area (Å²) < 4.78 is 4.95. The number of hydroxylamine groups is 2. The lowest BCUT2D eigenvalue weighted by molar-refractivity contribution is -0.176. The lowest BCUT2D eigenvalue weighted by Crippen LogP contribution is -2.30. The topological polar surface area (TPSA) is 55.8 Å². The first-order chi connectivity index (χ1) is 8.13. The number of amides is 1. The first-order valence-electron chi connectivity index (χ1n) is 5.28. The van der Waals surface area contributed by atoms with Crippen LogP contribution in [0.5, 0.6) is 0 Å². The van der Waals surface area contributed by atoms with Crippen LogP contribution in [-0.4, -0.2) is 24.2 Å². The van der Waals surface area contributed by atoms with Crippen LogP contribution < -0.4 is 0 Å². The second-order valence-electron chi connectivity index (χ2n) is 3.35. The molecule has 0 unspecified atom stereocenters. The molecular weight excluding hydrogens is 222 g/mol. The summed E-state index contributed by atoms with van der Waals surface area (Å²) in [5.41, 5.74) is 0.871. The highest BCUT2D eigenvalue weighted by molar-refractivity contribution is 5.72. The lowest BCUT2D eigenvalue weighted by atomic mass is 10.2. The summed E-state index contributed by atoms with van der Waals surface area (Å²) in [4.78, 5) is 27.0. The van der Waals surface area contributed by atoms with Gasteiger partial charge in [-0.15, -0.1) is 5.06 Å². The molecule has 1 aromatic carbocycles. The van der Waals surface area contributed by atoms with E-state index in [1.807, 2.05) is 30.3 Å². The van der Waals surface area contributed by atoms with E-state index in [0.717, 1.165) is 10.6 Å². The number of ether oxygens (including phenoxy) is 1. The average molecular weight is 237 g/mol. The number of hydrogen-bond donors (Lipinski definition) is 0. The first kappa shape index (κ1) is 13.0. The highest BCUT2D eigenvalue weighted by Crippen LogP contribution is 2.03. The maximum atomic E-state index is 11.4. The summed E-state index contributed by atoms with van der Waals surface area (Å²) in [5, 5.41) is 0.786. The molecule has 1 rings (SSSR count). The molecule has 17 heavy (non-hydrogen) atoms. The standard InChI is InChI=1S/C12H15NO4/c1-3-11(14)17-13(2)12(15)16-9-10-7-5-4-6-8-10/h4-8H,3,9H2,1-2H3. The fourth-order valence-corrected chi connectivity index (χ4v) is 1.06. The van der Waals surface area contributed by atoms with Gasteiger partial charge in [-0.2, -0.15) is 0 Å². The summed E-state index contributed by atoms with van der Waals surface area (Å²) >= 11 is 0. The smallest absolute Gasteiger partial charge is 0.442 e. The summed E-state index contributed by atoms with van der Waals surface area (Å²) in [5.74, 6) is -0.482. The summed E-state index contributed by atoms with van der Waals surface area (Å²) in [7, 11) is 1.33. The summed E-state index contributed by atoms with van der Waals surface area (Å²) in [6, 6.07) is 9.26. The molecule has 1 aromatic rings. The molecule has 0 N–H and O–H groups in total. The number of hydrogen-bond acceptors (Lipinski definition) is 4. The van der Waals surface area contributed by atoms with E-state index in [9.17, 15) is 9.59 Å². The van der Waals surface area contributed by atoms with Gasteiger partial charge in [-0.3, -0.25) is 0 Å². The molecule has 0 aliphatic heterocycles. The van der Waals surface area contributed by atoms with Crippen molar-refractivity contribution in [2.75, 3.05) is 7.05 Å². The van der Waals surface area contributed by atoms with Crippen LogP contribution in [0, 0.1) is 0 Å². The second-order valence-corrected chi connectivity index (χ2v) is 3.35. The van der Waals surface area contributed by atoms with E-state index in [0.29, 0.717) is 0 Å². The van der Waals surface area contributed by atoms with E-state index < -0.39 is 12.1 Å². The number of rotatable bonds is 3. The Balaban J connectivity index is 2.37. The van der Waals surface area contributed by atoms with Gasteiger partial charge in [-0.1, -0.05) is 37.3 Å². The van der Waals surface area contributed by atoms with Crippen LogP contribution in [0.15, 0.2) is 30.3 Å². The summed E-state index contributed by atoms with van der Waals surface area (Å²) in [6.45, 7) is 1.79. The second kappa shape index (κ2) is 6.52. The molecule has 0 atom stereocenters. The van der Waals surface area contributed by atoms with E-state index in [2.05, 4.69) is 4.84 Å². The summed E-state index contributed by atoms with van der Waals surface area (Å²) in [6.07, 6.45) is -0.494. The van der Waals surface area contributed by atoms with Gasteiger partial charge >= 0.3 is 12.1 Å². The molecule has 92 valence electrons. The van der Waals surface area contributed by atoms with Crippen LogP contribution in [0.4, 0.5) is 4.79 Å². The maximum absolute atomic E-state index is 11.4. The predicted molar refractivity (Wildman–Crippen MR) is 60.8 cm³/mol. The molecule has 0 fully saturated rings. The number of carbonyl (C=O) groups is 2. The van der Waals surface area contributed by atoms with Crippen molar-refractivity contribution < 1.29 is 19.2 Å². The minimum absolute atomic E-state index is 0.147. The van der Waals surface area contributed by atoms with Gasteiger partial charge in [0.05, 0.1) is 7.05 Å². The molecule has 0 aromatic heterocycles. The first-order valence-corrected chi connectivity index (χ1v) is 5.28. The monoisotopic (exact) mass is 237 g/mol. The van der Waals surface area contributed by atoms with E-state index >= 15 is 0 Å². The molecule has 0 bridgehead atoms. The molecule has 0 aliphatic carbocycles. The van der Waals surface area contributed by atoms with Crippen molar-refractivity contribution >= 4 is 12.1 Å². The Bertz CT molecular complexity index is 377. The van der Waals surface area contributed by atoms with E-state index in [1.54, 1.807) is 6.92 Å². The van der Waals surface area contributed by atoms with Crippen LogP contribution in [-0.2, 0) is 21.0 Å². The van der Waals surface area contributed by atoms with Gasteiger partial charge in [0.2, 0.25) is 0 Å². The Hall–Kier alpha value is -2.04. The van der Waals surface area contributed by atoms with Gasteiger partial charge in [0, 0.05) is 6.42 Å². The minimum Gasteiger partial charge on any atom is -0.442 e. The fraction of sp³-hybridized carbons (Fsp3) is 0.333. The molecule has 0 aliphatic rings. The van der Waals surface area contributed by atoms with E-state index in [1.165, 1.54) is 7.05 Å². The van der Waals surface area contributed by atoms with Crippen LogP contribution in [0.1, 0.15) is 18.9 Å². The SMILES string of the molecule is CCC(=O)ON(C)C(=O)OCc1ccccc1. The fourth-order valence-electron chi connectivity index (χ4n) is 1.06. The van der Waals surface area contributed by atoms with Crippen molar-refractivity contribution in [2.45, 2.75) is 20.0 Å². The van der Waals surface area contributed by atoms with E-state index in [4.69, 9.17) is 4.74 Å². The lowest BCUT2D eigenvalue weighted by Gasteiger charge is -2.15. The highest BCUT2D eigenvalue weighted by atomic mass is 16.7. The zero-order chi connectivity index (χ0) is 12.7. The Morgan fingerprint density at radius 2 is 1.88 bits per heavy atom. The van der Waals surface area contributed by atoms with Crippen LogP contribution >= 0.6 is 0 Å². The normalized spacial score (nSPS) is 9.53. The number of nitrogens with zero attached hydrogens (tertiary/aromatic N) is 1. The van der Waals surface area contributed by atoms with Gasteiger partial charge in [0.15, 0.2) is 0 Å². The number of benzene rings is 1. The molecule has 5 nitrogen and oxygen atoms in total. The molecule has 0 saturated heterocycles. The third-order valence-corrected chi connectivity index (χ3v) is 1.99. The van der Waals surface area contributed by atoms with Crippen molar-refractivity contribution in [1.82, 2.24) is 5.06 Å². The zero-order valence-corrected chi connectivity index (χ0v) is 9.88. The highest BCUT2D eigenvalue weighted by Gasteiger charge is 2.14. The molecule has 0 heterocycles. The third-order valence-electron chi connectivity index (χ3n) is 1.99. The van der Waals surface area contributed by atoms with Crippen molar-refractivity contribution in [1.29, 1.82) is 0 Å². The van der Waals surface area contributed by atoms with E-state index in [-0.39, 0.29) is 13.0 Å². The molecule has 0 radical (unpaired) electrons. The molecule has 0 spiro atoms. The van der Waals surface area contributed by atoms with Crippen LogP contribution in [0.2, 0.25) is 0 Å². The molecule has 0 saturated carbocycles. The largest absolute Gasteiger partial charge is 0.443 e. The van der Waals surface area contributed by atoms with Gasteiger partial charge < -0.3 is 9.57 Å². The van der Waals surface area contributed by atoms with Gasteiger partial charge in [0.1, 0.15) is 6.61 Å². The average Bonchev–Trinajstić information content (AvgIpc) is 2.36. The Morgan fingerprint density at radius 1 is 1.24 bits per heavy atom. The quantitative estimate of drug-likeness (QED) is 0.755. The van der Waals surface area contributed by atoms with Crippen molar-refractivity contribution in [3.63, 3.8) is 0 Å². The minimum atomic E-state index is -0.698. The van der Waals surface area contributed by atoms with Crippen molar-refractivity contribution in [3.05, 3.63) is 35.9 Å². The van der Waals surface area contributed by atoms with Crippen LogP contribution in [0.25, 0.3) is 0 Å². The Kier molecular flexibility index (Phi) is 5.00. The van der Waals surface area contributed by atoms with Crippen molar-refractivity contribution in [2.24, 2.45) is 0 Å². The molecule has 5 heteroatoms.